The quantitative estimate of drug-likeness (QED) is 0.176. The molecule has 3 saturated heterocycles. The minimum Gasteiger partial charge on any atom is -0.724 e. The largest absolute Gasteiger partial charge is 1.00 e. The number of hydroxylamine groups is 3. The Morgan fingerprint density at radius 2 is 2.17 bits per heavy atom. The summed E-state index contributed by atoms with van der Waals surface area (Å²) in [7, 11) is -5.08. The van der Waals surface area contributed by atoms with Gasteiger partial charge in [-0.25, -0.2) is 28.4 Å². The van der Waals surface area contributed by atoms with E-state index in [1.165, 1.54) is 11.2 Å². The maximum atomic E-state index is 12.4. The first kappa shape index (κ1) is 23.3. The van der Waals surface area contributed by atoms with Gasteiger partial charge in [-0.3, -0.25) is 9.63 Å². The summed E-state index contributed by atoms with van der Waals surface area (Å²) in [5.41, 5.74) is 2.35. The Balaban J connectivity index is 0.00000256. The molecule has 0 spiro atoms. The van der Waals surface area contributed by atoms with E-state index in [1.807, 2.05) is 0 Å². The zero-order valence-corrected chi connectivity index (χ0v) is 19.0. The van der Waals surface area contributed by atoms with Gasteiger partial charge in [0, 0.05) is 19.1 Å². The summed E-state index contributed by atoms with van der Waals surface area (Å²) >= 11 is 0. The summed E-state index contributed by atoms with van der Waals surface area (Å²) in [6, 6.07) is -2.09. The van der Waals surface area contributed by atoms with E-state index in [0.717, 1.165) is 6.42 Å². The molecule has 16 heteroatoms. The van der Waals surface area contributed by atoms with Gasteiger partial charge in [0.1, 0.15) is 18.7 Å². The first-order valence-electron chi connectivity index (χ1n) is 9.06. The van der Waals surface area contributed by atoms with Gasteiger partial charge in [0.2, 0.25) is 10.4 Å². The first-order chi connectivity index (χ1) is 13.8. The molecule has 4 rings (SSSR count). The maximum absolute atomic E-state index is 12.4. The van der Waals surface area contributed by atoms with Gasteiger partial charge in [0.15, 0.2) is 0 Å². The van der Waals surface area contributed by atoms with Gasteiger partial charge < -0.3 is 14.8 Å². The van der Waals surface area contributed by atoms with Gasteiger partial charge in [-0.1, -0.05) is 0 Å². The molecule has 2 bridgehead atoms. The van der Waals surface area contributed by atoms with Crippen molar-refractivity contribution in [3.8, 4) is 0 Å². The minimum atomic E-state index is -5.08. The van der Waals surface area contributed by atoms with Crippen molar-refractivity contribution in [3.63, 3.8) is 0 Å². The third-order valence-corrected chi connectivity index (χ3v) is 5.61. The van der Waals surface area contributed by atoms with Gasteiger partial charge in [-0.05, 0) is 19.3 Å². The Labute approximate surface area is 194 Å². The predicted molar refractivity (Wildman–Crippen MR) is 91.1 cm³/mol. The van der Waals surface area contributed by atoms with Gasteiger partial charge >= 0.3 is 35.6 Å². The molecule has 0 radical (unpaired) electrons. The molecule has 3 fully saturated rings. The second kappa shape index (κ2) is 9.44. The second-order valence-corrected chi connectivity index (χ2v) is 8.10. The van der Waals surface area contributed by atoms with Crippen LogP contribution in [0.15, 0.2) is 12.7 Å². The molecule has 4 heterocycles. The van der Waals surface area contributed by atoms with Crippen molar-refractivity contribution >= 4 is 22.3 Å². The minimum absolute atomic E-state index is 0. The number of hydrogen-bond donors (Lipinski definition) is 2. The molecule has 4 atom stereocenters. The summed E-state index contributed by atoms with van der Waals surface area (Å²) in [5.74, 6) is -0.519. The fourth-order valence-electron chi connectivity index (χ4n) is 3.91. The fraction of sp³-hybridized carbons (Fsp3) is 0.714. The van der Waals surface area contributed by atoms with Crippen LogP contribution in [0.25, 0.3) is 0 Å². The molecule has 160 valence electrons. The molecule has 3 aliphatic heterocycles. The molecule has 30 heavy (non-hydrogen) atoms. The summed E-state index contributed by atoms with van der Waals surface area (Å²) in [6.45, 7) is 1.02. The molecule has 3 aliphatic rings. The summed E-state index contributed by atoms with van der Waals surface area (Å²) in [4.78, 5) is 35.1. The number of aromatic nitrogens is 3. The van der Waals surface area contributed by atoms with Crippen LogP contribution in [0.5, 0.6) is 0 Å². The molecule has 1 aromatic heterocycles. The number of carbonyl (C=O) groups is 2. The molecule has 0 aromatic carbocycles. The molecule has 0 saturated carbocycles. The van der Waals surface area contributed by atoms with Crippen LogP contribution in [0.3, 0.4) is 0 Å². The zero-order valence-electron chi connectivity index (χ0n) is 16.2. The van der Waals surface area contributed by atoms with E-state index >= 15 is 0 Å². The second-order valence-electron chi connectivity index (χ2n) is 7.14. The molecular weight excluding hydrogens is 433 g/mol. The van der Waals surface area contributed by atoms with Crippen LogP contribution in [-0.4, -0.2) is 87.5 Å². The average molecular weight is 453 g/mol. The number of nitrogens with one attached hydrogen (secondary N) is 2. The van der Waals surface area contributed by atoms with E-state index in [-0.39, 0.29) is 54.8 Å². The standard InChI is InChI=1S/C14H21N7O7S.Na/c22-13(18-27-6-9-3-11(4-16-9)20-8-15-7-17-20)12-2-1-10-5-19(12)14(23)21(10)28-29(24,25)26;/h7-12,16H,1-6H2,(H,18,22)(H,24,25,26);/q;+1/p-1/t9-,10+,11-,12-;/m0./s1. The number of fused-ring (bicyclic) bond motifs is 2. The third-order valence-electron chi connectivity index (χ3n) is 5.26. The van der Waals surface area contributed by atoms with Gasteiger partial charge in [0.25, 0.3) is 5.91 Å². The molecule has 0 unspecified atom stereocenters. The van der Waals surface area contributed by atoms with Crippen molar-refractivity contribution in [2.45, 2.75) is 43.4 Å². The van der Waals surface area contributed by atoms with Crippen molar-refractivity contribution < 1.29 is 61.2 Å². The summed E-state index contributed by atoms with van der Waals surface area (Å²) < 4.78 is 38.4. The van der Waals surface area contributed by atoms with Crippen molar-refractivity contribution in [1.29, 1.82) is 0 Å². The van der Waals surface area contributed by atoms with Crippen molar-refractivity contribution in [2.24, 2.45) is 0 Å². The Bertz CT molecular complexity index is 870. The Hall–Kier alpha value is -1.33. The molecule has 14 nitrogen and oxygen atoms in total. The van der Waals surface area contributed by atoms with Crippen molar-refractivity contribution in [3.05, 3.63) is 12.7 Å². The number of amides is 3. The Morgan fingerprint density at radius 1 is 1.37 bits per heavy atom. The van der Waals surface area contributed by atoms with Crippen LogP contribution in [0, 0.1) is 0 Å². The molecule has 2 N–H and O–H groups in total. The number of hydrogen-bond acceptors (Lipinski definition) is 10. The summed E-state index contributed by atoms with van der Waals surface area (Å²) in [6.07, 6.45) is 4.48. The van der Waals surface area contributed by atoms with Crippen molar-refractivity contribution in [1.82, 2.24) is 35.5 Å². The van der Waals surface area contributed by atoms with E-state index in [2.05, 4.69) is 25.2 Å². The predicted octanol–water partition coefficient (Wildman–Crippen LogP) is -5.11. The Morgan fingerprint density at radius 3 is 2.87 bits per heavy atom. The van der Waals surface area contributed by atoms with E-state index < -0.39 is 34.4 Å². The topological polar surface area (TPSA) is 171 Å². The monoisotopic (exact) mass is 453 g/mol. The van der Waals surface area contributed by atoms with Crippen molar-refractivity contribution in [2.75, 3.05) is 19.7 Å². The molecular formula is C14H20N7NaO7S. The number of urea groups is 1. The molecule has 0 aliphatic carbocycles. The zero-order chi connectivity index (χ0) is 20.6. The van der Waals surface area contributed by atoms with Gasteiger partial charge in [-0.15, -0.1) is 0 Å². The summed E-state index contributed by atoms with van der Waals surface area (Å²) in [5, 5.41) is 7.91. The van der Waals surface area contributed by atoms with E-state index in [9.17, 15) is 22.6 Å². The van der Waals surface area contributed by atoms with E-state index in [4.69, 9.17) is 4.84 Å². The van der Waals surface area contributed by atoms with Crippen LogP contribution < -0.4 is 40.4 Å². The number of piperidine rings is 1. The maximum Gasteiger partial charge on any atom is 1.00 e. The first-order valence-corrected chi connectivity index (χ1v) is 10.4. The average Bonchev–Trinajstić information content (AvgIpc) is 3.39. The van der Waals surface area contributed by atoms with Gasteiger partial charge in [0.05, 0.1) is 18.7 Å². The molecule has 1 aromatic rings. The number of carbonyl (C=O) groups excluding carboxylic acids is 2. The molecule has 3 amide bonds. The third kappa shape index (κ3) is 5.11. The Kier molecular flexibility index (Phi) is 7.34. The fourth-order valence-corrected chi connectivity index (χ4v) is 4.30. The van der Waals surface area contributed by atoms with Crippen LogP contribution in [0.4, 0.5) is 4.79 Å². The SMILES string of the molecule is O=C(NOC[C@@H]1C[C@H](n2cncn2)CN1)[C@@H]1CC[C@@H]2CN1C(=O)N2OS(=O)(=O)[O-].[Na+]. The van der Waals surface area contributed by atoms with Crippen LogP contribution in [0.2, 0.25) is 0 Å². The van der Waals surface area contributed by atoms with E-state index in [1.54, 1.807) is 11.0 Å². The van der Waals surface area contributed by atoms with Crippen LogP contribution in [-0.2, 0) is 24.3 Å². The van der Waals surface area contributed by atoms with Crippen LogP contribution >= 0.6 is 0 Å². The van der Waals surface area contributed by atoms with E-state index in [0.29, 0.717) is 24.4 Å². The number of nitrogens with zero attached hydrogens (tertiary/aromatic N) is 5. The van der Waals surface area contributed by atoms with Gasteiger partial charge in [-0.2, -0.15) is 14.4 Å². The number of rotatable bonds is 7. The normalized spacial score (nSPS) is 28.5. The smallest absolute Gasteiger partial charge is 0.724 e. The van der Waals surface area contributed by atoms with Crippen LogP contribution in [0.1, 0.15) is 25.3 Å².